The Kier molecular flexibility index (Phi) is 4.48. The molecule has 3 rings (SSSR count). The molecular weight excluding hydrogens is 324 g/mol. The molecule has 0 fully saturated rings. The van der Waals surface area contributed by atoms with Gasteiger partial charge in [-0.2, -0.15) is 0 Å². The Bertz CT molecular complexity index is 664. The number of hydrogen-bond acceptors (Lipinski definition) is 2. The Balaban J connectivity index is 2.26. The van der Waals surface area contributed by atoms with Crippen LogP contribution in [0.2, 0.25) is 0 Å². The second-order valence-electron chi connectivity index (χ2n) is 6.02. The Hall–Kier alpha value is -1.09. The van der Waals surface area contributed by atoms with E-state index in [1.54, 1.807) is 0 Å². The van der Waals surface area contributed by atoms with Gasteiger partial charge < -0.3 is 5.32 Å². The topological polar surface area (TPSA) is 24.9 Å². The van der Waals surface area contributed by atoms with Gasteiger partial charge in [0.05, 0.1) is 5.52 Å². The number of nitrogens with one attached hydrogen (secondary N) is 1. The summed E-state index contributed by atoms with van der Waals surface area (Å²) >= 11 is 3.64. The number of fused-ring (bicyclic) bond motifs is 2. The quantitative estimate of drug-likeness (QED) is 0.753. The minimum absolute atomic E-state index is 1.02. The number of nitrogens with zero attached hydrogens (tertiary/aromatic N) is 1. The monoisotopic (exact) mass is 346 g/mol. The van der Waals surface area contributed by atoms with Crippen molar-refractivity contribution in [1.82, 2.24) is 4.98 Å². The summed E-state index contributed by atoms with van der Waals surface area (Å²) in [6.45, 7) is 5.40. The normalized spacial score (nSPS) is 14.8. The van der Waals surface area contributed by atoms with Crippen LogP contribution >= 0.6 is 15.9 Å². The van der Waals surface area contributed by atoms with Crippen LogP contribution in [0.25, 0.3) is 10.9 Å². The first-order valence-electron chi connectivity index (χ1n) is 8.06. The molecule has 0 unspecified atom stereocenters. The lowest BCUT2D eigenvalue weighted by Crippen LogP contribution is -2.08. The molecule has 0 radical (unpaired) electrons. The molecule has 1 aromatic carbocycles. The molecule has 0 spiro atoms. The molecule has 0 aliphatic heterocycles. The van der Waals surface area contributed by atoms with Gasteiger partial charge in [-0.15, -0.1) is 0 Å². The van der Waals surface area contributed by atoms with Crippen LogP contribution < -0.4 is 5.32 Å². The predicted octanol–water partition coefficient (Wildman–Crippen LogP) is 5.40. The molecule has 0 bridgehead atoms. The zero-order valence-corrected chi connectivity index (χ0v) is 14.5. The van der Waals surface area contributed by atoms with E-state index in [4.69, 9.17) is 4.98 Å². The van der Waals surface area contributed by atoms with Gasteiger partial charge in [-0.3, -0.25) is 4.98 Å². The first-order valence-corrected chi connectivity index (χ1v) is 8.85. The van der Waals surface area contributed by atoms with E-state index < -0.39 is 0 Å². The lowest BCUT2D eigenvalue weighted by Gasteiger charge is -2.18. The zero-order valence-electron chi connectivity index (χ0n) is 12.9. The standard InChI is InChI=1S/C18H23BrN2/c1-3-9-20-18-14-7-5-4-6-8-16(14)21-17-12(2)10-13(19)11-15(17)18/h10-11H,3-9H2,1-2H3,(H,20,21). The summed E-state index contributed by atoms with van der Waals surface area (Å²) in [5.74, 6) is 0. The van der Waals surface area contributed by atoms with Crippen molar-refractivity contribution < 1.29 is 0 Å². The molecule has 1 heterocycles. The fourth-order valence-corrected chi connectivity index (χ4v) is 3.86. The summed E-state index contributed by atoms with van der Waals surface area (Å²) in [6, 6.07) is 4.39. The van der Waals surface area contributed by atoms with E-state index in [1.165, 1.54) is 47.2 Å². The Morgan fingerprint density at radius 3 is 2.81 bits per heavy atom. The number of halogens is 1. The third-order valence-corrected chi connectivity index (χ3v) is 4.78. The maximum Gasteiger partial charge on any atom is 0.0756 e. The molecule has 1 aliphatic carbocycles. The van der Waals surface area contributed by atoms with Crippen LogP contribution in [0, 0.1) is 6.92 Å². The third kappa shape index (κ3) is 2.94. The van der Waals surface area contributed by atoms with Crippen LogP contribution in [-0.4, -0.2) is 11.5 Å². The highest BCUT2D eigenvalue weighted by atomic mass is 79.9. The highest BCUT2D eigenvalue weighted by Gasteiger charge is 2.18. The van der Waals surface area contributed by atoms with E-state index in [2.05, 4.69) is 47.2 Å². The molecule has 1 aromatic heterocycles. The molecule has 1 N–H and O–H groups in total. The van der Waals surface area contributed by atoms with Crippen LogP contribution in [0.15, 0.2) is 16.6 Å². The number of hydrogen-bond donors (Lipinski definition) is 1. The van der Waals surface area contributed by atoms with Gasteiger partial charge in [0.15, 0.2) is 0 Å². The Labute approximate surface area is 135 Å². The molecular formula is C18H23BrN2. The third-order valence-electron chi connectivity index (χ3n) is 4.32. The fourth-order valence-electron chi connectivity index (χ4n) is 3.28. The van der Waals surface area contributed by atoms with E-state index in [0.717, 1.165) is 35.8 Å². The van der Waals surface area contributed by atoms with E-state index in [1.807, 2.05) is 0 Å². The van der Waals surface area contributed by atoms with Gasteiger partial charge in [0, 0.05) is 27.8 Å². The van der Waals surface area contributed by atoms with Crippen molar-refractivity contribution in [3.8, 4) is 0 Å². The van der Waals surface area contributed by atoms with Gasteiger partial charge in [-0.25, -0.2) is 0 Å². The van der Waals surface area contributed by atoms with Gasteiger partial charge in [0.2, 0.25) is 0 Å². The minimum atomic E-state index is 1.02. The number of aromatic nitrogens is 1. The smallest absolute Gasteiger partial charge is 0.0756 e. The van der Waals surface area contributed by atoms with Crippen LogP contribution in [-0.2, 0) is 12.8 Å². The summed E-state index contributed by atoms with van der Waals surface area (Å²) in [4.78, 5) is 5.02. The van der Waals surface area contributed by atoms with Crippen molar-refractivity contribution in [1.29, 1.82) is 0 Å². The lowest BCUT2D eigenvalue weighted by atomic mass is 10.00. The molecule has 3 heteroatoms. The van der Waals surface area contributed by atoms with Gasteiger partial charge in [-0.05, 0) is 62.3 Å². The predicted molar refractivity (Wildman–Crippen MR) is 94.2 cm³/mol. The maximum atomic E-state index is 5.02. The van der Waals surface area contributed by atoms with Crippen molar-refractivity contribution in [2.75, 3.05) is 11.9 Å². The Morgan fingerprint density at radius 2 is 2.00 bits per heavy atom. The summed E-state index contributed by atoms with van der Waals surface area (Å²) < 4.78 is 1.14. The van der Waals surface area contributed by atoms with E-state index in [-0.39, 0.29) is 0 Å². The Morgan fingerprint density at radius 1 is 1.19 bits per heavy atom. The summed E-state index contributed by atoms with van der Waals surface area (Å²) in [5, 5.41) is 4.96. The number of aryl methyl sites for hydroxylation is 2. The van der Waals surface area contributed by atoms with Gasteiger partial charge >= 0.3 is 0 Å². The molecule has 112 valence electrons. The van der Waals surface area contributed by atoms with Crippen molar-refractivity contribution in [3.63, 3.8) is 0 Å². The summed E-state index contributed by atoms with van der Waals surface area (Å²) in [7, 11) is 0. The van der Waals surface area contributed by atoms with Gasteiger partial charge in [0.1, 0.15) is 0 Å². The maximum absolute atomic E-state index is 5.02. The largest absolute Gasteiger partial charge is 0.384 e. The molecule has 0 atom stereocenters. The number of pyridine rings is 1. The van der Waals surface area contributed by atoms with E-state index in [0.29, 0.717) is 0 Å². The average molecular weight is 347 g/mol. The van der Waals surface area contributed by atoms with Crippen LogP contribution in [0.3, 0.4) is 0 Å². The molecule has 0 saturated carbocycles. The van der Waals surface area contributed by atoms with Gasteiger partial charge in [0.25, 0.3) is 0 Å². The zero-order chi connectivity index (χ0) is 14.8. The van der Waals surface area contributed by atoms with Crippen LogP contribution in [0.5, 0.6) is 0 Å². The van der Waals surface area contributed by atoms with Crippen molar-refractivity contribution in [2.45, 2.75) is 52.4 Å². The first-order chi connectivity index (χ1) is 10.2. The molecule has 1 aliphatic rings. The summed E-state index contributed by atoms with van der Waals surface area (Å²) in [5.41, 5.74) is 6.54. The number of anilines is 1. The van der Waals surface area contributed by atoms with E-state index >= 15 is 0 Å². The summed E-state index contributed by atoms with van der Waals surface area (Å²) in [6.07, 6.45) is 7.31. The number of benzene rings is 1. The SMILES string of the molecule is CCCNc1c2c(nc3c(C)cc(Br)cc13)CCCCC2. The average Bonchev–Trinajstić information content (AvgIpc) is 2.69. The highest BCUT2D eigenvalue weighted by molar-refractivity contribution is 9.10. The molecule has 2 nitrogen and oxygen atoms in total. The minimum Gasteiger partial charge on any atom is -0.384 e. The van der Waals surface area contributed by atoms with Crippen molar-refractivity contribution in [3.05, 3.63) is 33.4 Å². The van der Waals surface area contributed by atoms with Crippen molar-refractivity contribution in [2.24, 2.45) is 0 Å². The van der Waals surface area contributed by atoms with Crippen molar-refractivity contribution >= 4 is 32.5 Å². The van der Waals surface area contributed by atoms with Crippen LogP contribution in [0.1, 0.15) is 49.4 Å². The second kappa shape index (κ2) is 6.35. The first kappa shape index (κ1) is 14.8. The van der Waals surface area contributed by atoms with Crippen LogP contribution in [0.4, 0.5) is 5.69 Å². The second-order valence-corrected chi connectivity index (χ2v) is 6.93. The highest BCUT2D eigenvalue weighted by Crippen LogP contribution is 2.35. The number of rotatable bonds is 3. The van der Waals surface area contributed by atoms with E-state index in [9.17, 15) is 0 Å². The molecule has 0 saturated heterocycles. The molecule has 2 aromatic rings. The lowest BCUT2D eigenvalue weighted by molar-refractivity contribution is 0.709. The molecule has 0 amide bonds. The van der Waals surface area contributed by atoms with Gasteiger partial charge in [-0.1, -0.05) is 29.3 Å². The fraction of sp³-hybridized carbons (Fsp3) is 0.500. The molecule has 21 heavy (non-hydrogen) atoms.